The van der Waals surface area contributed by atoms with Crippen molar-refractivity contribution in [3.8, 4) is 0 Å². The van der Waals surface area contributed by atoms with Gasteiger partial charge >= 0.3 is 0 Å². The Morgan fingerprint density at radius 1 is 0.971 bits per heavy atom. The summed E-state index contributed by atoms with van der Waals surface area (Å²) in [6.45, 7) is 0. The third kappa shape index (κ3) is 4.46. The van der Waals surface area contributed by atoms with Gasteiger partial charge in [-0.25, -0.2) is 18.1 Å². The third-order valence-corrected chi connectivity index (χ3v) is 7.71. The molecule has 3 amide bonds. The van der Waals surface area contributed by atoms with Crippen molar-refractivity contribution in [2.75, 3.05) is 10.3 Å². The van der Waals surface area contributed by atoms with Gasteiger partial charge in [0.1, 0.15) is 0 Å². The zero-order chi connectivity index (χ0) is 23.9. The maximum Gasteiger partial charge on any atom is 0.255 e. The Balaban J connectivity index is 1.33. The number of nitrogens with one attached hydrogen (secondary N) is 3. The molecule has 1 saturated carbocycles. The standard InChI is InChI=1S/C24H24N4O5S/c29-22(25-17-6-4-8-19(14-17)34(32,33)27-16-11-12-16)15-5-3-7-18(13-15)28-24(31)21-10-2-1-9-20(21)23(30)26-28/h1-8,13-14,16,20-21,27H,9-12H2,(H,25,29)(H,26,30). The molecule has 34 heavy (non-hydrogen) atoms. The minimum absolute atomic E-state index is 0.0242. The van der Waals surface area contributed by atoms with E-state index in [1.807, 2.05) is 12.2 Å². The molecule has 1 saturated heterocycles. The molecule has 1 heterocycles. The van der Waals surface area contributed by atoms with Crippen LogP contribution in [0.4, 0.5) is 11.4 Å². The molecule has 2 aromatic rings. The van der Waals surface area contributed by atoms with Crippen LogP contribution in [0.25, 0.3) is 0 Å². The molecule has 3 N–H and O–H groups in total. The second kappa shape index (κ2) is 8.69. The molecular weight excluding hydrogens is 456 g/mol. The van der Waals surface area contributed by atoms with Crippen molar-refractivity contribution in [2.45, 2.75) is 36.6 Å². The summed E-state index contributed by atoms with van der Waals surface area (Å²) in [7, 11) is -3.65. The molecule has 3 aliphatic rings. The predicted molar refractivity (Wildman–Crippen MR) is 125 cm³/mol. The number of anilines is 2. The van der Waals surface area contributed by atoms with Crippen LogP contribution < -0.4 is 20.5 Å². The number of carbonyl (C=O) groups excluding carboxylic acids is 3. The summed E-state index contributed by atoms with van der Waals surface area (Å²) in [6.07, 6.45) is 6.51. The minimum atomic E-state index is -3.65. The molecule has 0 radical (unpaired) electrons. The van der Waals surface area contributed by atoms with Gasteiger partial charge < -0.3 is 5.32 Å². The Morgan fingerprint density at radius 3 is 2.47 bits per heavy atom. The van der Waals surface area contributed by atoms with E-state index < -0.39 is 21.8 Å². The molecule has 9 nitrogen and oxygen atoms in total. The Labute approximate surface area is 197 Å². The number of amides is 3. The van der Waals surface area contributed by atoms with Crippen molar-refractivity contribution >= 4 is 39.1 Å². The lowest BCUT2D eigenvalue weighted by atomic mass is 9.80. The first-order chi connectivity index (χ1) is 16.3. The molecule has 2 aliphatic carbocycles. The monoisotopic (exact) mass is 480 g/mol. The van der Waals surface area contributed by atoms with Crippen molar-refractivity contribution in [2.24, 2.45) is 11.8 Å². The van der Waals surface area contributed by atoms with Crippen LogP contribution in [0.1, 0.15) is 36.0 Å². The summed E-state index contributed by atoms with van der Waals surface area (Å²) in [5.74, 6) is -1.71. The summed E-state index contributed by atoms with van der Waals surface area (Å²) in [4.78, 5) is 38.5. The maximum atomic E-state index is 13.0. The van der Waals surface area contributed by atoms with E-state index in [4.69, 9.17) is 0 Å². The van der Waals surface area contributed by atoms with Crippen molar-refractivity contribution in [3.63, 3.8) is 0 Å². The molecule has 2 unspecified atom stereocenters. The van der Waals surface area contributed by atoms with Crippen molar-refractivity contribution in [3.05, 3.63) is 66.2 Å². The van der Waals surface area contributed by atoms with E-state index in [9.17, 15) is 22.8 Å². The fourth-order valence-corrected chi connectivity index (χ4v) is 5.55. The average molecular weight is 481 g/mol. The van der Waals surface area contributed by atoms with Crippen LogP contribution >= 0.6 is 0 Å². The summed E-state index contributed by atoms with van der Waals surface area (Å²) in [5, 5.41) is 3.91. The molecule has 10 heteroatoms. The third-order valence-electron chi connectivity index (χ3n) is 6.20. The Bertz CT molecular complexity index is 1300. The lowest BCUT2D eigenvalue weighted by Gasteiger charge is -2.38. The van der Waals surface area contributed by atoms with Gasteiger partial charge in [0.25, 0.3) is 5.91 Å². The van der Waals surface area contributed by atoms with Gasteiger partial charge in [0, 0.05) is 17.3 Å². The number of hydrogen-bond acceptors (Lipinski definition) is 5. The van der Waals surface area contributed by atoms with E-state index in [1.54, 1.807) is 30.3 Å². The van der Waals surface area contributed by atoms with Crippen molar-refractivity contribution in [1.29, 1.82) is 0 Å². The number of rotatable bonds is 6. The minimum Gasteiger partial charge on any atom is -0.322 e. The Hall–Kier alpha value is -3.50. The van der Waals surface area contributed by atoms with E-state index in [0.29, 0.717) is 24.2 Å². The molecule has 1 aliphatic heterocycles. The van der Waals surface area contributed by atoms with Crippen LogP contribution in [-0.2, 0) is 19.6 Å². The van der Waals surface area contributed by atoms with E-state index in [1.165, 1.54) is 23.2 Å². The smallest absolute Gasteiger partial charge is 0.255 e. The van der Waals surface area contributed by atoms with Crippen LogP contribution in [0.2, 0.25) is 0 Å². The van der Waals surface area contributed by atoms with Gasteiger partial charge in [-0.15, -0.1) is 0 Å². The molecular formula is C24H24N4O5S. The van der Waals surface area contributed by atoms with Crippen LogP contribution in [-0.4, -0.2) is 32.2 Å². The number of benzene rings is 2. The number of sulfonamides is 1. The molecule has 2 aromatic carbocycles. The highest BCUT2D eigenvalue weighted by molar-refractivity contribution is 7.89. The lowest BCUT2D eigenvalue weighted by Crippen LogP contribution is -2.59. The lowest BCUT2D eigenvalue weighted by molar-refractivity contribution is -0.139. The summed E-state index contributed by atoms with van der Waals surface area (Å²) in [6, 6.07) is 12.4. The average Bonchev–Trinajstić information content (AvgIpc) is 3.65. The number of carbonyl (C=O) groups is 3. The molecule has 0 spiro atoms. The first-order valence-electron chi connectivity index (χ1n) is 11.1. The van der Waals surface area contributed by atoms with Gasteiger partial charge in [0.05, 0.1) is 22.4 Å². The van der Waals surface area contributed by atoms with Crippen molar-refractivity contribution < 1.29 is 22.8 Å². The van der Waals surface area contributed by atoms with Crippen LogP contribution in [0, 0.1) is 11.8 Å². The van der Waals surface area contributed by atoms with E-state index in [0.717, 1.165) is 12.8 Å². The zero-order valence-corrected chi connectivity index (χ0v) is 19.0. The second-order valence-corrected chi connectivity index (χ2v) is 10.4. The highest BCUT2D eigenvalue weighted by atomic mass is 32.2. The predicted octanol–water partition coefficient (Wildman–Crippen LogP) is 2.34. The number of hydrogen-bond donors (Lipinski definition) is 3. The van der Waals surface area contributed by atoms with Gasteiger partial charge in [0.15, 0.2) is 0 Å². The topological polar surface area (TPSA) is 125 Å². The molecule has 2 fully saturated rings. The molecule has 5 rings (SSSR count). The van der Waals surface area contributed by atoms with Gasteiger partial charge in [-0.05, 0) is 62.1 Å². The SMILES string of the molecule is O=C(Nc1cccc(S(=O)(=O)NC2CC2)c1)c1cccc(N2NC(=O)C3CC=CCC3C2=O)c1. The van der Waals surface area contributed by atoms with Crippen LogP contribution in [0.3, 0.4) is 0 Å². The normalized spacial score (nSPS) is 22.2. The summed E-state index contributed by atoms with van der Waals surface area (Å²) >= 11 is 0. The fraction of sp³-hybridized carbons (Fsp3) is 0.292. The van der Waals surface area contributed by atoms with Gasteiger partial charge in [0.2, 0.25) is 21.8 Å². The maximum absolute atomic E-state index is 13.0. The zero-order valence-electron chi connectivity index (χ0n) is 18.2. The van der Waals surface area contributed by atoms with Crippen LogP contribution in [0.15, 0.2) is 65.6 Å². The number of allylic oxidation sites excluding steroid dienone is 2. The number of fused-ring (bicyclic) bond motifs is 1. The van der Waals surface area contributed by atoms with Gasteiger partial charge in [-0.1, -0.05) is 24.3 Å². The fourth-order valence-electron chi connectivity index (χ4n) is 4.20. The number of nitrogens with zero attached hydrogens (tertiary/aromatic N) is 1. The van der Waals surface area contributed by atoms with Crippen LogP contribution in [0.5, 0.6) is 0 Å². The number of hydrazine groups is 1. The summed E-state index contributed by atoms with van der Waals surface area (Å²) < 4.78 is 27.5. The highest BCUT2D eigenvalue weighted by Gasteiger charge is 2.42. The largest absolute Gasteiger partial charge is 0.322 e. The van der Waals surface area contributed by atoms with E-state index in [-0.39, 0.29) is 34.2 Å². The van der Waals surface area contributed by atoms with Crippen molar-refractivity contribution in [1.82, 2.24) is 10.1 Å². The molecule has 0 aromatic heterocycles. The van der Waals surface area contributed by atoms with E-state index in [2.05, 4.69) is 15.5 Å². The quantitative estimate of drug-likeness (QED) is 0.548. The van der Waals surface area contributed by atoms with Gasteiger partial charge in [-0.3, -0.25) is 19.8 Å². The molecule has 176 valence electrons. The molecule has 2 atom stereocenters. The molecule has 0 bridgehead atoms. The first kappa shape index (κ1) is 22.3. The second-order valence-electron chi connectivity index (χ2n) is 8.73. The summed E-state index contributed by atoms with van der Waals surface area (Å²) in [5.41, 5.74) is 3.61. The van der Waals surface area contributed by atoms with E-state index >= 15 is 0 Å². The Morgan fingerprint density at radius 2 is 1.71 bits per heavy atom. The first-order valence-corrected chi connectivity index (χ1v) is 12.6. The highest BCUT2D eigenvalue weighted by Crippen LogP contribution is 2.32. The van der Waals surface area contributed by atoms with Gasteiger partial charge in [-0.2, -0.15) is 0 Å². The Kier molecular flexibility index (Phi) is 5.70.